The Kier molecular flexibility index (Phi) is 7.72. The lowest BCUT2D eigenvalue weighted by Gasteiger charge is -2.13. The Hall–Kier alpha value is -3.91. The Balaban J connectivity index is 1.39. The number of benzene rings is 3. The van der Waals surface area contributed by atoms with Gasteiger partial charge in [-0.1, -0.05) is 72.4 Å². The molecule has 4 aromatic rings. The first-order valence-corrected chi connectivity index (χ1v) is 11.8. The first-order chi connectivity index (χ1) is 16.6. The first-order valence-electron chi connectivity index (χ1n) is 10.8. The molecule has 3 aromatic carbocycles. The molecule has 34 heavy (non-hydrogen) atoms. The summed E-state index contributed by atoms with van der Waals surface area (Å²) < 4.78 is 10.9. The topological polar surface area (TPSA) is 94.3 Å². The quantitative estimate of drug-likeness (QED) is 0.265. The molecule has 1 amide bonds. The predicted molar refractivity (Wildman–Crippen MR) is 130 cm³/mol. The maximum absolute atomic E-state index is 12.4. The summed E-state index contributed by atoms with van der Waals surface area (Å²) in [7, 11) is 0. The molecule has 0 saturated carbocycles. The Morgan fingerprint density at radius 2 is 1.53 bits per heavy atom. The smallest absolute Gasteiger partial charge is 0.338 e. The Morgan fingerprint density at radius 1 is 0.912 bits per heavy atom. The van der Waals surface area contributed by atoms with Crippen LogP contribution in [0.1, 0.15) is 40.2 Å². The molecule has 1 heterocycles. The number of carbonyl (C=O) groups is 2. The van der Waals surface area contributed by atoms with Crippen molar-refractivity contribution in [3.63, 3.8) is 0 Å². The summed E-state index contributed by atoms with van der Waals surface area (Å²) in [6.07, 6.45) is 0. The van der Waals surface area contributed by atoms with E-state index in [1.54, 1.807) is 31.2 Å². The van der Waals surface area contributed by atoms with Crippen molar-refractivity contribution in [1.29, 1.82) is 0 Å². The standard InChI is InChI=1S/C26H23N3O4S/c1-2-32-25(31)20-13-15-21(16-14-20)27-22(30)17-34-26-29-28-24(33-26)23(18-9-5-3-6-10-18)19-11-7-4-8-12-19/h3-16,23H,2,17H2,1H3,(H,27,30). The van der Waals surface area contributed by atoms with Crippen LogP contribution in [0, 0.1) is 0 Å². The van der Waals surface area contributed by atoms with Gasteiger partial charge in [-0.3, -0.25) is 4.79 Å². The number of amides is 1. The van der Waals surface area contributed by atoms with Gasteiger partial charge in [-0.2, -0.15) is 0 Å². The number of ether oxygens (including phenoxy) is 1. The number of hydrogen-bond donors (Lipinski definition) is 1. The molecular formula is C26H23N3O4S. The zero-order valence-corrected chi connectivity index (χ0v) is 19.3. The molecule has 0 spiro atoms. The maximum Gasteiger partial charge on any atom is 0.338 e. The Bertz CT molecular complexity index is 1190. The molecule has 0 aliphatic heterocycles. The van der Waals surface area contributed by atoms with E-state index in [0.717, 1.165) is 22.9 Å². The number of nitrogens with zero attached hydrogens (tertiary/aromatic N) is 2. The summed E-state index contributed by atoms with van der Waals surface area (Å²) in [4.78, 5) is 24.1. The third-order valence-electron chi connectivity index (χ3n) is 4.94. The van der Waals surface area contributed by atoms with Crippen LogP contribution in [0.15, 0.2) is 94.6 Å². The van der Waals surface area contributed by atoms with Crippen molar-refractivity contribution in [2.45, 2.75) is 18.1 Å². The van der Waals surface area contributed by atoms with Gasteiger partial charge in [0.05, 0.1) is 23.8 Å². The van der Waals surface area contributed by atoms with Gasteiger partial charge in [-0.15, -0.1) is 10.2 Å². The third-order valence-corrected chi connectivity index (χ3v) is 5.76. The first kappa shape index (κ1) is 23.3. The van der Waals surface area contributed by atoms with E-state index in [4.69, 9.17) is 9.15 Å². The van der Waals surface area contributed by atoms with Crippen molar-refractivity contribution in [3.8, 4) is 0 Å². The summed E-state index contributed by atoms with van der Waals surface area (Å²) in [5.41, 5.74) is 3.09. The van der Waals surface area contributed by atoms with E-state index in [1.807, 2.05) is 60.7 Å². The lowest BCUT2D eigenvalue weighted by molar-refractivity contribution is -0.113. The lowest BCUT2D eigenvalue weighted by Crippen LogP contribution is -2.14. The second-order valence-corrected chi connectivity index (χ2v) is 8.22. The van der Waals surface area contributed by atoms with E-state index < -0.39 is 5.97 Å². The molecule has 0 unspecified atom stereocenters. The van der Waals surface area contributed by atoms with Crippen molar-refractivity contribution in [1.82, 2.24) is 10.2 Å². The van der Waals surface area contributed by atoms with Crippen molar-refractivity contribution in [3.05, 3.63) is 108 Å². The molecule has 1 aromatic heterocycles. The summed E-state index contributed by atoms with van der Waals surface area (Å²) in [5, 5.41) is 11.5. The molecule has 1 N–H and O–H groups in total. The van der Waals surface area contributed by atoms with Gasteiger partial charge < -0.3 is 14.5 Å². The average Bonchev–Trinajstić information content (AvgIpc) is 3.33. The molecule has 7 nitrogen and oxygen atoms in total. The van der Waals surface area contributed by atoms with Gasteiger partial charge in [0, 0.05) is 5.69 Å². The molecule has 0 atom stereocenters. The van der Waals surface area contributed by atoms with Gasteiger partial charge in [0.2, 0.25) is 11.8 Å². The van der Waals surface area contributed by atoms with Crippen LogP contribution in [0.3, 0.4) is 0 Å². The Labute approximate surface area is 201 Å². The van der Waals surface area contributed by atoms with Gasteiger partial charge in [0.1, 0.15) is 0 Å². The molecular weight excluding hydrogens is 450 g/mol. The van der Waals surface area contributed by atoms with Gasteiger partial charge in [-0.25, -0.2) is 4.79 Å². The highest BCUT2D eigenvalue weighted by molar-refractivity contribution is 7.99. The molecule has 8 heteroatoms. The van der Waals surface area contributed by atoms with Crippen LogP contribution in [-0.4, -0.2) is 34.4 Å². The molecule has 0 saturated heterocycles. The minimum atomic E-state index is -0.396. The number of carbonyl (C=O) groups excluding carboxylic acids is 2. The Morgan fingerprint density at radius 3 is 2.12 bits per heavy atom. The summed E-state index contributed by atoms with van der Waals surface area (Å²) in [6.45, 7) is 2.06. The van der Waals surface area contributed by atoms with Gasteiger partial charge >= 0.3 is 5.97 Å². The van der Waals surface area contributed by atoms with Crippen molar-refractivity contribution in [2.75, 3.05) is 17.7 Å². The minimum absolute atomic E-state index is 0.0998. The normalized spacial score (nSPS) is 10.8. The monoisotopic (exact) mass is 473 g/mol. The fraction of sp³-hybridized carbons (Fsp3) is 0.154. The third kappa shape index (κ3) is 5.90. The summed E-state index contributed by atoms with van der Waals surface area (Å²) in [5.74, 6) is -0.252. The maximum atomic E-state index is 12.4. The molecule has 172 valence electrons. The van der Waals surface area contributed by atoms with Crippen molar-refractivity contribution >= 4 is 29.3 Å². The van der Waals surface area contributed by atoms with E-state index in [9.17, 15) is 9.59 Å². The second-order valence-electron chi connectivity index (χ2n) is 7.30. The van der Waals surface area contributed by atoms with Gasteiger partial charge in [0.25, 0.3) is 5.22 Å². The highest BCUT2D eigenvalue weighted by atomic mass is 32.2. The number of thioether (sulfide) groups is 1. The fourth-order valence-corrected chi connectivity index (χ4v) is 3.96. The van der Waals surface area contributed by atoms with Crippen molar-refractivity contribution in [2.24, 2.45) is 0 Å². The molecule has 0 bridgehead atoms. The fourth-order valence-electron chi connectivity index (χ4n) is 3.39. The number of nitrogens with one attached hydrogen (secondary N) is 1. The zero-order chi connectivity index (χ0) is 23.8. The van der Waals surface area contributed by atoms with Crippen LogP contribution in [0.5, 0.6) is 0 Å². The van der Waals surface area contributed by atoms with E-state index in [1.165, 1.54) is 0 Å². The number of aromatic nitrogens is 2. The summed E-state index contributed by atoms with van der Waals surface area (Å²) >= 11 is 1.16. The highest BCUT2D eigenvalue weighted by Gasteiger charge is 2.23. The van der Waals surface area contributed by atoms with E-state index >= 15 is 0 Å². The molecule has 4 rings (SSSR count). The number of anilines is 1. The van der Waals surface area contributed by atoms with Crippen LogP contribution in [0.25, 0.3) is 0 Å². The van der Waals surface area contributed by atoms with Gasteiger partial charge in [-0.05, 0) is 42.3 Å². The lowest BCUT2D eigenvalue weighted by atomic mass is 9.91. The van der Waals surface area contributed by atoms with Crippen molar-refractivity contribution < 1.29 is 18.7 Å². The SMILES string of the molecule is CCOC(=O)c1ccc(NC(=O)CSc2nnc(C(c3ccccc3)c3ccccc3)o2)cc1. The molecule has 0 aliphatic carbocycles. The zero-order valence-electron chi connectivity index (χ0n) is 18.5. The van der Waals surface area contributed by atoms with E-state index in [0.29, 0.717) is 29.0 Å². The highest BCUT2D eigenvalue weighted by Crippen LogP contribution is 2.32. The number of rotatable bonds is 9. The number of hydrogen-bond acceptors (Lipinski definition) is 7. The van der Waals surface area contributed by atoms with Gasteiger partial charge in [0.15, 0.2) is 0 Å². The van der Waals surface area contributed by atoms with E-state index in [-0.39, 0.29) is 17.6 Å². The number of esters is 1. The van der Waals surface area contributed by atoms with E-state index in [2.05, 4.69) is 15.5 Å². The van der Waals surface area contributed by atoms with Crippen LogP contribution >= 0.6 is 11.8 Å². The largest absolute Gasteiger partial charge is 0.462 e. The average molecular weight is 474 g/mol. The van der Waals surface area contributed by atoms with Crippen LogP contribution < -0.4 is 5.32 Å². The second kappa shape index (κ2) is 11.3. The minimum Gasteiger partial charge on any atom is -0.462 e. The van der Waals surface area contributed by atoms with Crippen LogP contribution in [0.4, 0.5) is 5.69 Å². The molecule has 0 fully saturated rings. The van der Waals surface area contributed by atoms with Crippen LogP contribution in [0.2, 0.25) is 0 Å². The molecule has 0 radical (unpaired) electrons. The predicted octanol–water partition coefficient (Wildman–Crippen LogP) is 5.16. The summed E-state index contributed by atoms with van der Waals surface area (Å²) in [6, 6.07) is 26.4. The molecule has 0 aliphatic rings. The van der Waals surface area contributed by atoms with Crippen LogP contribution in [-0.2, 0) is 9.53 Å².